The van der Waals surface area contributed by atoms with Crippen LogP contribution in [0.15, 0.2) is 17.2 Å². The topological polar surface area (TPSA) is 81.5 Å². The smallest absolute Gasteiger partial charge is 0.217 e. The van der Waals surface area contributed by atoms with Crippen molar-refractivity contribution in [2.45, 2.75) is 33.2 Å². The molecule has 0 aliphatic heterocycles. The number of hydrogen-bond donors (Lipinski definition) is 2. The first-order valence-corrected chi connectivity index (χ1v) is 6.66. The maximum atomic E-state index is 11.8. The number of hydrogen-bond acceptors (Lipinski definition) is 5. The van der Waals surface area contributed by atoms with Gasteiger partial charge in [-0.3, -0.25) is 4.79 Å². The van der Waals surface area contributed by atoms with Gasteiger partial charge in [0.2, 0.25) is 5.78 Å². The van der Waals surface area contributed by atoms with Crippen molar-refractivity contribution in [3.8, 4) is 0 Å². The summed E-state index contributed by atoms with van der Waals surface area (Å²) in [4.78, 5) is 12.1. The van der Waals surface area contributed by atoms with Gasteiger partial charge in [0, 0.05) is 12.1 Å². The van der Waals surface area contributed by atoms with Crippen molar-refractivity contribution in [2.24, 2.45) is 16.7 Å². The van der Waals surface area contributed by atoms with E-state index in [1.165, 1.54) is 0 Å². The van der Waals surface area contributed by atoms with E-state index < -0.39 is 0 Å². The van der Waals surface area contributed by atoms with Gasteiger partial charge in [0.1, 0.15) is 0 Å². The van der Waals surface area contributed by atoms with Crippen molar-refractivity contribution in [2.75, 3.05) is 0 Å². The molecule has 0 aliphatic rings. The molecule has 0 saturated heterocycles. The number of thiocarbonyl (C=S) groups is 1. The zero-order valence-electron chi connectivity index (χ0n) is 11.3. The fourth-order valence-electron chi connectivity index (χ4n) is 2.06. The van der Waals surface area contributed by atoms with Gasteiger partial charge in [-0.2, -0.15) is 5.10 Å². The van der Waals surface area contributed by atoms with Gasteiger partial charge >= 0.3 is 0 Å². The Morgan fingerprint density at radius 1 is 1.32 bits per heavy atom. The second kappa shape index (κ2) is 7.11. The van der Waals surface area contributed by atoms with Crippen LogP contribution >= 0.6 is 12.2 Å². The van der Waals surface area contributed by atoms with Crippen molar-refractivity contribution >= 4 is 29.1 Å². The Kier molecular flexibility index (Phi) is 5.79. The number of rotatable bonds is 6. The molecule has 5 heteroatoms. The van der Waals surface area contributed by atoms with Crippen LogP contribution in [-0.4, -0.2) is 16.9 Å². The molecular weight excluding hydrogens is 258 g/mol. The number of carbonyl (C=O) groups excluding carboxylic acids is 1. The van der Waals surface area contributed by atoms with Crippen molar-refractivity contribution < 1.29 is 4.79 Å². The van der Waals surface area contributed by atoms with E-state index in [4.69, 9.17) is 23.8 Å². The third-order valence-corrected chi connectivity index (χ3v) is 3.41. The molecule has 1 rings (SSSR count). The maximum Gasteiger partial charge on any atom is 0.217 e. The minimum atomic E-state index is -0.331. The van der Waals surface area contributed by atoms with E-state index in [0.29, 0.717) is 6.54 Å². The largest absolute Gasteiger partial charge is 0.326 e. The summed E-state index contributed by atoms with van der Waals surface area (Å²) in [5.74, 6) is 4.67. The summed E-state index contributed by atoms with van der Waals surface area (Å²) in [6, 6.07) is 4.02. The predicted molar refractivity (Wildman–Crippen MR) is 82.5 cm³/mol. The van der Waals surface area contributed by atoms with E-state index in [1.807, 2.05) is 26.0 Å². The molecule has 102 valence electrons. The van der Waals surface area contributed by atoms with Gasteiger partial charge in [-0.25, -0.2) is 0 Å². The standard InChI is InChI=1S/C14H19N3OS/c1-3-10-5-9(7-15)6-11(4-2)13(10)14(19)12(18)8-17-16/h5-6,8H,3-4,7,15-16H2,1-2H3. The molecule has 0 aromatic heterocycles. The zero-order valence-corrected chi connectivity index (χ0v) is 12.1. The van der Waals surface area contributed by atoms with Crippen LogP contribution in [0, 0.1) is 0 Å². The number of ketones is 1. The Morgan fingerprint density at radius 2 is 1.84 bits per heavy atom. The summed E-state index contributed by atoms with van der Waals surface area (Å²) in [6.07, 6.45) is 2.64. The number of carbonyl (C=O) groups is 1. The minimum Gasteiger partial charge on any atom is -0.326 e. The number of nitrogens with two attached hydrogens (primary N) is 2. The lowest BCUT2D eigenvalue weighted by Gasteiger charge is -2.15. The van der Waals surface area contributed by atoms with E-state index in [2.05, 4.69) is 5.10 Å². The van der Waals surface area contributed by atoms with E-state index in [0.717, 1.165) is 41.3 Å². The average Bonchev–Trinajstić information content (AvgIpc) is 2.44. The highest BCUT2D eigenvalue weighted by molar-refractivity contribution is 7.82. The number of hydrazone groups is 1. The third kappa shape index (κ3) is 3.45. The summed E-state index contributed by atoms with van der Waals surface area (Å²) in [6.45, 7) is 4.54. The molecular formula is C14H19N3OS. The summed E-state index contributed by atoms with van der Waals surface area (Å²) in [5, 5.41) is 3.24. The van der Waals surface area contributed by atoms with Crippen molar-refractivity contribution in [3.05, 3.63) is 34.4 Å². The first kappa shape index (κ1) is 15.5. The first-order chi connectivity index (χ1) is 9.08. The first-order valence-electron chi connectivity index (χ1n) is 6.25. The molecule has 0 unspecified atom stereocenters. The number of nitrogens with zero attached hydrogens (tertiary/aromatic N) is 1. The summed E-state index contributed by atoms with van der Waals surface area (Å²) in [5.41, 5.74) is 9.67. The molecule has 0 saturated carbocycles. The molecule has 1 aromatic rings. The van der Waals surface area contributed by atoms with Gasteiger partial charge in [0.05, 0.1) is 11.1 Å². The Morgan fingerprint density at radius 3 is 2.21 bits per heavy atom. The van der Waals surface area contributed by atoms with Crippen LogP contribution < -0.4 is 11.6 Å². The van der Waals surface area contributed by atoms with Crippen LogP contribution in [-0.2, 0) is 24.2 Å². The molecule has 0 aliphatic carbocycles. The Bertz CT molecular complexity index is 498. The van der Waals surface area contributed by atoms with E-state index in [1.54, 1.807) is 0 Å². The fourth-order valence-corrected chi connectivity index (χ4v) is 2.37. The van der Waals surface area contributed by atoms with Crippen LogP contribution in [0.2, 0.25) is 0 Å². The van der Waals surface area contributed by atoms with Crippen molar-refractivity contribution in [1.29, 1.82) is 0 Å². The van der Waals surface area contributed by atoms with Gasteiger partial charge in [-0.15, -0.1) is 0 Å². The minimum absolute atomic E-state index is 0.270. The molecule has 0 atom stereocenters. The molecule has 0 bridgehead atoms. The summed E-state index contributed by atoms with van der Waals surface area (Å²) >= 11 is 5.27. The van der Waals surface area contributed by atoms with Crippen molar-refractivity contribution in [3.63, 3.8) is 0 Å². The van der Waals surface area contributed by atoms with E-state index in [9.17, 15) is 4.79 Å². The Labute approximate surface area is 118 Å². The van der Waals surface area contributed by atoms with E-state index >= 15 is 0 Å². The van der Waals surface area contributed by atoms with Crippen LogP contribution in [0.4, 0.5) is 0 Å². The lowest BCUT2D eigenvalue weighted by molar-refractivity contribution is -0.106. The van der Waals surface area contributed by atoms with Gasteiger partial charge < -0.3 is 11.6 Å². The normalized spacial score (nSPS) is 10.9. The predicted octanol–water partition coefficient (Wildman–Crippen LogP) is 1.50. The van der Waals surface area contributed by atoms with Gasteiger partial charge in [0.15, 0.2) is 0 Å². The monoisotopic (exact) mass is 277 g/mol. The molecule has 4 nitrogen and oxygen atoms in total. The summed E-state index contributed by atoms with van der Waals surface area (Å²) in [7, 11) is 0. The van der Waals surface area contributed by atoms with Crippen LogP contribution in [0.1, 0.15) is 36.1 Å². The van der Waals surface area contributed by atoms with E-state index in [-0.39, 0.29) is 10.6 Å². The Hall–Kier alpha value is -1.59. The zero-order chi connectivity index (χ0) is 14.4. The highest BCUT2D eigenvalue weighted by Crippen LogP contribution is 2.21. The lowest BCUT2D eigenvalue weighted by atomic mass is 9.91. The molecule has 19 heavy (non-hydrogen) atoms. The highest BCUT2D eigenvalue weighted by Gasteiger charge is 2.17. The third-order valence-electron chi connectivity index (χ3n) is 3.00. The number of benzene rings is 1. The van der Waals surface area contributed by atoms with Crippen LogP contribution in [0.3, 0.4) is 0 Å². The van der Waals surface area contributed by atoms with Gasteiger partial charge in [-0.05, 0) is 29.5 Å². The number of aryl methyl sites for hydroxylation is 2. The van der Waals surface area contributed by atoms with Gasteiger partial charge in [-0.1, -0.05) is 38.2 Å². The fraction of sp³-hybridized carbons (Fsp3) is 0.357. The Balaban J connectivity index is 3.39. The molecule has 4 N–H and O–H groups in total. The lowest BCUT2D eigenvalue weighted by Crippen LogP contribution is -2.19. The second-order valence-electron chi connectivity index (χ2n) is 4.17. The average molecular weight is 277 g/mol. The molecule has 0 amide bonds. The molecule has 0 heterocycles. The van der Waals surface area contributed by atoms with Crippen LogP contribution in [0.5, 0.6) is 0 Å². The molecule has 0 spiro atoms. The quantitative estimate of drug-likeness (QED) is 0.271. The molecule has 1 aromatic carbocycles. The highest BCUT2D eigenvalue weighted by atomic mass is 32.1. The molecule has 0 radical (unpaired) electrons. The second-order valence-corrected chi connectivity index (χ2v) is 4.58. The molecule has 0 fully saturated rings. The maximum absolute atomic E-state index is 11.8. The van der Waals surface area contributed by atoms with Crippen molar-refractivity contribution in [1.82, 2.24) is 0 Å². The van der Waals surface area contributed by atoms with Crippen LogP contribution in [0.25, 0.3) is 0 Å². The van der Waals surface area contributed by atoms with Gasteiger partial charge in [0.25, 0.3) is 0 Å². The number of Topliss-reactive ketones (excluding diaryl/α,β-unsaturated/α-hetero) is 1. The SMILES string of the molecule is CCc1cc(CN)cc(CC)c1C(=S)C(=O)C=NN. The summed E-state index contributed by atoms with van der Waals surface area (Å²) < 4.78 is 0.